The number of carboxylic acids is 1. The molecule has 1 rings (SSSR count). The minimum Gasteiger partial charge on any atom is -0.480 e. The van der Waals surface area contributed by atoms with E-state index in [9.17, 15) is 19.2 Å². The van der Waals surface area contributed by atoms with E-state index in [1.807, 2.05) is 0 Å². The number of nitrogens with two attached hydrogens (primary N) is 1. The fourth-order valence-corrected chi connectivity index (χ4v) is 1.42. The third kappa shape index (κ3) is 5.55. The van der Waals surface area contributed by atoms with Crippen LogP contribution in [-0.4, -0.2) is 47.0 Å². The van der Waals surface area contributed by atoms with Crippen LogP contribution in [0.25, 0.3) is 0 Å². The van der Waals surface area contributed by atoms with Crippen LogP contribution in [0.3, 0.4) is 0 Å². The fraction of sp³-hybridized carbons (Fsp3) is 0.636. The summed E-state index contributed by atoms with van der Waals surface area (Å²) in [5, 5.41) is 15.9. The van der Waals surface area contributed by atoms with Gasteiger partial charge in [0.05, 0.1) is 6.42 Å². The molecule has 9 heteroatoms. The van der Waals surface area contributed by atoms with Gasteiger partial charge in [0.2, 0.25) is 11.8 Å². The minimum atomic E-state index is -1.42. The van der Waals surface area contributed by atoms with E-state index in [4.69, 9.17) is 10.8 Å². The van der Waals surface area contributed by atoms with Gasteiger partial charge in [0, 0.05) is 6.04 Å². The van der Waals surface area contributed by atoms with Crippen molar-refractivity contribution in [3.63, 3.8) is 0 Å². The van der Waals surface area contributed by atoms with Crippen molar-refractivity contribution < 1.29 is 24.3 Å². The molecule has 0 saturated heterocycles. The van der Waals surface area contributed by atoms with Gasteiger partial charge < -0.3 is 26.8 Å². The fourth-order valence-electron chi connectivity index (χ4n) is 1.42. The molecule has 2 atom stereocenters. The number of hydrogen-bond acceptors (Lipinski definition) is 4. The molecule has 0 aromatic carbocycles. The summed E-state index contributed by atoms with van der Waals surface area (Å²) in [5.41, 5.74) is 4.88. The largest absolute Gasteiger partial charge is 0.480 e. The maximum atomic E-state index is 11.6. The predicted molar refractivity (Wildman–Crippen MR) is 67.5 cm³/mol. The van der Waals surface area contributed by atoms with Crippen LogP contribution >= 0.6 is 0 Å². The first-order valence-electron chi connectivity index (χ1n) is 6.18. The maximum Gasteiger partial charge on any atom is 0.326 e. The van der Waals surface area contributed by atoms with E-state index in [2.05, 4.69) is 16.0 Å². The summed E-state index contributed by atoms with van der Waals surface area (Å²) in [6, 6.07) is -2.92. The second kappa shape index (κ2) is 6.73. The molecule has 4 amide bonds. The molecule has 1 fully saturated rings. The molecule has 1 aliphatic rings. The second-order valence-corrected chi connectivity index (χ2v) is 4.68. The number of amides is 4. The first kappa shape index (κ1) is 15.7. The molecule has 0 aromatic rings. The van der Waals surface area contributed by atoms with E-state index in [-0.39, 0.29) is 11.9 Å². The Balaban J connectivity index is 2.41. The highest BCUT2D eigenvalue weighted by atomic mass is 16.4. The van der Waals surface area contributed by atoms with Crippen molar-refractivity contribution in [3.05, 3.63) is 0 Å². The van der Waals surface area contributed by atoms with Crippen molar-refractivity contribution in [3.8, 4) is 0 Å². The molecule has 9 nitrogen and oxygen atoms in total. The molecule has 0 aliphatic heterocycles. The topological polar surface area (TPSA) is 151 Å². The van der Waals surface area contributed by atoms with Gasteiger partial charge in [-0.15, -0.1) is 0 Å². The quantitative estimate of drug-likeness (QED) is 0.377. The number of nitrogens with one attached hydrogen (secondary N) is 3. The Morgan fingerprint density at radius 3 is 2.30 bits per heavy atom. The van der Waals surface area contributed by atoms with Crippen LogP contribution in [0.5, 0.6) is 0 Å². The van der Waals surface area contributed by atoms with Crippen molar-refractivity contribution in [1.82, 2.24) is 16.0 Å². The molecule has 0 heterocycles. The van der Waals surface area contributed by atoms with Crippen LogP contribution in [0.4, 0.5) is 4.79 Å². The number of aliphatic carboxylic acids is 1. The average Bonchev–Trinajstić information content (AvgIpc) is 3.10. The highest BCUT2D eigenvalue weighted by molar-refractivity contribution is 5.90. The lowest BCUT2D eigenvalue weighted by Gasteiger charge is -2.17. The Hall–Kier alpha value is -2.32. The molecule has 6 N–H and O–H groups in total. The van der Waals surface area contributed by atoms with Crippen LogP contribution in [0.2, 0.25) is 0 Å². The number of hydrogen-bond donors (Lipinski definition) is 5. The van der Waals surface area contributed by atoms with E-state index in [0.29, 0.717) is 0 Å². The molecule has 1 unspecified atom stereocenters. The van der Waals surface area contributed by atoms with Crippen LogP contribution < -0.4 is 21.7 Å². The van der Waals surface area contributed by atoms with Gasteiger partial charge in [-0.2, -0.15) is 0 Å². The zero-order valence-corrected chi connectivity index (χ0v) is 11.0. The highest BCUT2D eigenvalue weighted by Gasteiger charge is 2.27. The predicted octanol–water partition coefficient (Wildman–Crippen LogP) is -1.72. The maximum absolute atomic E-state index is 11.6. The molecule has 112 valence electrons. The number of carboxylic acid groups (broad SMARTS) is 1. The van der Waals surface area contributed by atoms with Crippen molar-refractivity contribution in [2.45, 2.75) is 44.3 Å². The van der Waals surface area contributed by atoms with Gasteiger partial charge in [0.25, 0.3) is 0 Å². The number of rotatable bonds is 7. The van der Waals surface area contributed by atoms with Gasteiger partial charge >= 0.3 is 12.0 Å². The van der Waals surface area contributed by atoms with Crippen molar-refractivity contribution in [2.75, 3.05) is 0 Å². The standard InChI is InChI=1S/C11H18N4O5/c1-5(9(17)14-6-2-3-6)13-11(20)15-7(10(18)19)4-8(12)16/h5-7H,2-4H2,1H3,(H2,12,16)(H,14,17)(H,18,19)(H2,13,15,20)/t5?,7-/m0/s1. The Morgan fingerprint density at radius 2 is 1.85 bits per heavy atom. The lowest BCUT2D eigenvalue weighted by molar-refractivity contribution is -0.140. The number of carbonyl (C=O) groups is 4. The van der Waals surface area contributed by atoms with Gasteiger partial charge in [-0.05, 0) is 19.8 Å². The van der Waals surface area contributed by atoms with Gasteiger partial charge in [-0.1, -0.05) is 0 Å². The number of carbonyl (C=O) groups excluding carboxylic acids is 3. The average molecular weight is 286 g/mol. The van der Waals surface area contributed by atoms with Gasteiger partial charge in [0.1, 0.15) is 12.1 Å². The van der Waals surface area contributed by atoms with Gasteiger partial charge in [-0.25, -0.2) is 9.59 Å². The Morgan fingerprint density at radius 1 is 1.25 bits per heavy atom. The summed E-state index contributed by atoms with van der Waals surface area (Å²) in [4.78, 5) is 44.6. The van der Waals surface area contributed by atoms with Crippen LogP contribution in [-0.2, 0) is 14.4 Å². The third-order valence-electron chi connectivity index (χ3n) is 2.67. The van der Waals surface area contributed by atoms with Crippen molar-refractivity contribution in [2.24, 2.45) is 5.73 Å². The highest BCUT2D eigenvalue weighted by Crippen LogP contribution is 2.18. The van der Waals surface area contributed by atoms with Gasteiger partial charge in [-0.3, -0.25) is 9.59 Å². The SMILES string of the molecule is CC(NC(=O)N[C@@H](CC(N)=O)C(=O)O)C(=O)NC1CC1. The van der Waals surface area contributed by atoms with E-state index in [0.717, 1.165) is 12.8 Å². The van der Waals surface area contributed by atoms with Crippen molar-refractivity contribution in [1.29, 1.82) is 0 Å². The monoisotopic (exact) mass is 286 g/mol. The lowest BCUT2D eigenvalue weighted by atomic mass is 10.2. The molecule has 0 bridgehead atoms. The normalized spacial score (nSPS) is 16.6. The summed E-state index contributed by atoms with van der Waals surface area (Å²) in [7, 11) is 0. The molecule has 1 aliphatic carbocycles. The van der Waals surface area contributed by atoms with Crippen LogP contribution in [0.1, 0.15) is 26.2 Å². The van der Waals surface area contributed by atoms with E-state index in [1.165, 1.54) is 6.92 Å². The number of primary amides is 1. The molecule has 0 radical (unpaired) electrons. The third-order valence-corrected chi connectivity index (χ3v) is 2.67. The second-order valence-electron chi connectivity index (χ2n) is 4.68. The molecular formula is C11H18N4O5. The number of urea groups is 1. The Labute approximate surface area is 115 Å². The van der Waals surface area contributed by atoms with E-state index >= 15 is 0 Å². The molecule has 1 saturated carbocycles. The Bertz CT molecular complexity index is 421. The summed E-state index contributed by atoms with van der Waals surface area (Å²) < 4.78 is 0. The van der Waals surface area contributed by atoms with Crippen molar-refractivity contribution >= 4 is 23.8 Å². The summed E-state index contributed by atoms with van der Waals surface area (Å²) in [6.07, 6.45) is 1.32. The lowest BCUT2D eigenvalue weighted by Crippen LogP contribution is -2.53. The smallest absolute Gasteiger partial charge is 0.326 e. The van der Waals surface area contributed by atoms with Crippen LogP contribution in [0, 0.1) is 0 Å². The van der Waals surface area contributed by atoms with E-state index in [1.54, 1.807) is 0 Å². The van der Waals surface area contributed by atoms with Gasteiger partial charge in [0.15, 0.2) is 0 Å². The first-order chi connectivity index (χ1) is 9.29. The van der Waals surface area contributed by atoms with E-state index < -0.39 is 36.4 Å². The Kier molecular flexibility index (Phi) is 5.30. The summed E-state index contributed by atoms with van der Waals surface area (Å²) in [6.45, 7) is 1.47. The molecular weight excluding hydrogens is 268 g/mol. The summed E-state index contributed by atoms with van der Waals surface area (Å²) in [5.74, 6) is -2.57. The molecule has 0 aromatic heterocycles. The first-order valence-corrected chi connectivity index (χ1v) is 6.18. The zero-order valence-electron chi connectivity index (χ0n) is 11.0. The molecule has 20 heavy (non-hydrogen) atoms. The minimum absolute atomic E-state index is 0.163. The summed E-state index contributed by atoms with van der Waals surface area (Å²) >= 11 is 0. The zero-order chi connectivity index (χ0) is 15.3. The molecule has 0 spiro atoms. The van der Waals surface area contributed by atoms with Crippen LogP contribution in [0.15, 0.2) is 0 Å².